The molecule has 2 N–H and O–H groups in total. The van der Waals surface area contributed by atoms with E-state index in [1.807, 2.05) is 59.5 Å². The molecule has 3 aromatic rings. The van der Waals surface area contributed by atoms with Gasteiger partial charge in [0.2, 0.25) is 0 Å². The van der Waals surface area contributed by atoms with Crippen molar-refractivity contribution in [1.82, 2.24) is 19.9 Å². The van der Waals surface area contributed by atoms with E-state index in [1.165, 1.54) is 17.6 Å². The highest BCUT2D eigenvalue weighted by Gasteiger charge is 2.23. The standard InChI is InChI=1S/C18H20N4OS.3C2H6/c23-18-17-16(20-12-21-18)14(8-19-17)10-22-7-6-13(9-22)11-24-15-4-2-1-3-5-15;3*1-2/h1-5,8,12-13,19H,6-7,9-11H2,(H,20,21,23);3*1-2H3/t13-;;;/m1.../s1. The van der Waals surface area contributed by atoms with Gasteiger partial charge in [0.25, 0.3) is 5.56 Å². The van der Waals surface area contributed by atoms with Crippen molar-refractivity contribution in [3.63, 3.8) is 0 Å². The second-order valence-electron chi connectivity index (χ2n) is 6.28. The van der Waals surface area contributed by atoms with Crippen LogP contribution < -0.4 is 5.56 Å². The summed E-state index contributed by atoms with van der Waals surface area (Å²) in [6.07, 6.45) is 4.63. The number of thioether (sulfide) groups is 1. The number of aromatic amines is 2. The molecule has 1 aliphatic rings. The molecule has 1 saturated heterocycles. The summed E-state index contributed by atoms with van der Waals surface area (Å²) in [6.45, 7) is 15.1. The average molecular weight is 431 g/mol. The highest BCUT2D eigenvalue weighted by molar-refractivity contribution is 7.99. The fourth-order valence-electron chi connectivity index (χ4n) is 3.29. The van der Waals surface area contributed by atoms with Crippen molar-refractivity contribution in [1.29, 1.82) is 0 Å². The monoisotopic (exact) mass is 430 g/mol. The van der Waals surface area contributed by atoms with Gasteiger partial charge in [0, 0.05) is 35.5 Å². The van der Waals surface area contributed by atoms with Crippen LogP contribution in [0.3, 0.4) is 0 Å². The Kier molecular flexibility index (Phi) is 12.9. The molecule has 0 amide bonds. The summed E-state index contributed by atoms with van der Waals surface area (Å²) in [5.41, 5.74) is 2.36. The molecule has 1 atom stereocenters. The minimum atomic E-state index is -0.107. The number of rotatable bonds is 5. The second-order valence-corrected chi connectivity index (χ2v) is 7.38. The van der Waals surface area contributed by atoms with E-state index in [-0.39, 0.29) is 5.56 Å². The summed E-state index contributed by atoms with van der Waals surface area (Å²) in [5.74, 6) is 1.88. The zero-order valence-corrected chi connectivity index (χ0v) is 20.2. The summed E-state index contributed by atoms with van der Waals surface area (Å²) < 4.78 is 0. The number of H-pyrrole nitrogens is 2. The topological polar surface area (TPSA) is 64.8 Å². The maximum Gasteiger partial charge on any atom is 0.275 e. The third-order valence-corrected chi connectivity index (χ3v) is 5.78. The molecule has 0 bridgehead atoms. The van der Waals surface area contributed by atoms with Crippen molar-refractivity contribution in [3.05, 3.63) is 58.8 Å². The Bertz CT molecular complexity index is 876. The van der Waals surface area contributed by atoms with Gasteiger partial charge < -0.3 is 9.97 Å². The van der Waals surface area contributed by atoms with Crippen LogP contribution in [0.25, 0.3) is 11.0 Å². The number of fused-ring (bicyclic) bond motifs is 1. The Morgan fingerprint density at radius 1 is 1.07 bits per heavy atom. The number of hydrogen-bond donors (Lipinski definition) is 2. The first-order chi connectivity index (χ1) is 14.8. The summed E-state index contributed by atoms with van der Waals surface area (Å²) in [6, 6.07) is 10.6. The largest absolute Gasteiger partial charge is 0.355 e. The summed E-state index contributed by atoms with van der Waals surface area (Å²) in [5, 5.41) is 0. The zero-order chi connectivity index (χ0) is 22.4. The van der Waals surface area contributed by atoms with E-state index in [1.54, 1.807) is 0 Å². The van der Waals surface area contributed by atoms with E-state index >= 15 is 0 Å². The molecule has 166 valence electrons. The van der Waals surface area contributed by atoms with Crippen molar-refractivity contribution in [3.8, 4) is 0 Å². The van der Waals surface area contributed by atoms with Crippen LogP contribution in [0.5, 0.6) is 0 Å². The smallest absolute Gasteiger partial charge is 0.275 e. The molecule has 0 unspecified atom stereocenters. The summed E-state index contributed by atoms with van der Waals surface area (Å²) >= 11 is 1.94. The molecule has 0 saturated carbocycles. The molecule has 2 aromatic heterocycles. The SMILES string of the molecule is CC.CC.CC.O=c1[nH]cnc2c(CN3CC[C@@H](CSc4ccccc4)C3)c[nH]c12. The Morgan fingerprint density at radius 2 is 1.77 bits per heavy atom. The quantitative estimate of drug-likeness (QED) is 0.491. The molecule has 0 aliphatic carbocycles. The maximum atomic E-state index is 11.8. The van der Waals surface area contributed by atoms with Gasteiger partial charge in [0.1, 0.15) is 5.52 Å². The molecule has 6 heteroatoms. The van der Waals surface area contributed by atoms with Crippen LogP contribution in [0.2, 0.25) is 0 Å². The first kappa shape index (κ1) is 26.0. The second kappa shape index (κ2) is 14.9. The van der Waals surface area contributed by atoms with Crippen LogP contribution in [0.4, 0.5) is 0 Å². The van der Waals surface area contributed by atoms with Crippen LogP contribution in [0.15, 0.2) is 52.5 Å². The van der Waals surface area contributed by atoms with Gasteiger partial charge in [0.15, 0.2) is 0 Å². The van der Waals surface area contributed by atoms with Crippen LogP contribution in [-0.2, 0) is 6.54 Å². The Labute approximate surface area is 185 Å². The molecule has 30 heavy (non-hydrogen) atoms. The fourth-order valence-corrected chi connectivity index (χ4v) is 4.34. The predicted octanol–water partition coefficient (Wildman–Crippen LogP) is 5.94. The first-order valence-corrected chi connectivity index (χ1v) is 12.2. The number of likely N-dealkylation sites (tertiary alicyclic amines) is 1. The lowest BCUT2D eigenvalue weighted by Gasteiger charge is -2.15. The Balaban J connectivity index is 0.000000691. The first-order valence-electron chi connectivity index (χ1n) is 11.2. The van der Waals surface area contributed by atoms with E-state index in [0.29, 0.717) is 5.52 Å². The predicted molar refractivity (Wildman–Crippen MR) is 131 cm³/mol. The average Bonchev–Trinajstić information content (AvgIpc) is 3.45. The molecular weight excluding hydrogens is 392 g/mol. The minimum absolute atomic E-state index is 0.107. The summed E-state index contributed by atoms with van der Waals surface area (Å²) in [4.78, 5) is 25.5. The number of nitrogens with one attached hydrogen (secondary N) is 2. The molecule has 4 rings (SSSR count). The third-order valence-electron chi connectivity index (χ3n) is 4.54. The van der Waals surface area contributed by atoms with Gasteiger partial charge in [-0.25, -0.2) is 4.98 Å². The van der Waals surface area contributed by atoms with E-state index in [0.717, 1.165) is 42.4 Å². The molecule has 0 spiro atoms. The van der Waals surface area contributed by atoms with Crippen LogP contribution in [-0.4, -0.2) is 38.7 Å². The van der Waals surface area contributed by atoms with Gasteiger partial charge >= 0.3 is 0 Å². The van der Waals surface area contributed by atoms with E-state index in [4.69, 9.17) is 0 Å². The molecule has 3 heterocycles. The van der Waals surface area contributed by atoms with Gasteiger partial charge in [-0.05, 0) is 31.0 Å². The van der Waals surface area contributed by atoms with Gasteiger partial charge in [-0.2, -0.15) is 0 Å². The van der Waals surface area contributed by atoms with Gasteiger partial charge in [-0.3, -0.25) is 9.69 Å². The van der Waals surface area contributed by atoms with Gasteiger partial charge in [0.05, 0.1) is 11.8 Å². The minimum Gasteiger partial charge on any atom is -0.355 e. The van der Waals surface area contributed by atoms with Crippen molar-refractivity contribution in [2.45, 2.75) is 59.4 Å². The third kappa shape index (κ3) is 7.33. The lowest BCUT2D eigenvalue weighted by atomic mass is 10.2. The van der Waals surface area contributed by atoms with Crippen LogP contribution in [0.1, 0.15) is 53.5 Å². The lowest BCUT2D eigenvalue weighted by Crippen LogP contribution is -2.20. The molecule has 0 radical (unpaired) electrons. The van der Waals surface area contributed by atoms with Crippen LogP contribution in [0, 0.1) is 5.92 Å². The normalized spacial score (nSPS) is 15.3. The maximum absolute atomic E-state index is 11.8. The van der Waals surface area contributed by atoms with Crippen molar-refractivity contribution >= 4 is 22.8 Å². The number of hydrogen-bond acceptors (Lipinski definition) is 4. The number of aromatic nitrogens is 3. The summed E-state index contributed by atoms with van der Waals surface area (Å²) in [7, 11) is 0. The molecule has 5 nitrogen and oxygen atoms in total. The highest BCUT2D eigenvalue weighted by Crippen LogP contribution is 2.27. The van der Waals surface area contributed by atoms with E-state index < -0.39 is 0 Å². The van der Waals surface area contributed by atoms with Gasteiger partial charge in [-0.15, -0.1) is 11.8 Å². The number of benzene rings is 1. The highest BCUT2D eigenvalue weighted by atomic mass is 32.2. The van der Waals surface area contributed by atoms with Crippen molar-refractivity contribution in [2.75, 3.05) is 18.8 Å². The Morgan fingerprint density at radius 3 is 2.47 bits per heavy atom. The molecular formula is C24H38N4OS. The number of nitrogens with zero attached hydrogens (tertiary/aromatic N) is 2. The molecule has 1 fully saturated rings. The van der Waals surface area contributed by atoms with Gasteiger partial charge in [-0.1, -0.05) is 59.7 Å². The van der Waals surface area contributed by atoms with Crippen molar-refractivity contribution in [2.24, 2.45) is 5.92 Å². The molecule has 1 aliphatic heterocycles. The molecule has 1 aromatic carbocycles. The van der Waals surface area contributed by atoms with E-state index in [9.17, 15) is 4.79 Å². The zero-order valence-electron chi connectivity index (χ0n) is 19.4. The fraction of sp³-hybridized carbons (Fsp3) is 0.500. The van der Waals surface area contributed by atoms with Crippen molar-refractivity contribution < 1.29 is 0 Å². The lowest BCUT2D eigenvalue weighted by molar-refractivity contribution is 0.322. The van der Waals surface area contributed by atoms with E-state index in [2.05, 4.69) is 50.2 Å². The Hall–Kier alpha value is -2.05. The van der Waals surface area contributed by atoms with Crippen LogP contribution >= 0.6 is 11.8 Å².